The summed E-state index contributed by atoms with van der Waals surface area (Å²) < 4.78 is 0. The van der Waals surface area contributed by atoms with Crippen LogP contribution in [-0.2, 0) is 0 Å². The van der Waals surface area contributed by atoms with E-state index in [9.17, 15) is 0 Å². The van der Waals surface area contributed by atoms with Crippen molar-refractivity contribution < 1.29 is 0 Å². The molecule has 54 valence electrons. The molecule has 0 aliphatic rings. The van der Waals surface area contributed by atoms with Crippen molar-refractivity contribution >= 4 is 27.5 Å². The van der Waals surface area contributed by atoms with Gasteiger partial charge in [0.2, 0.25) is 0 Å². The van der Waals surface area contributed by atoms with Gasteiger partial charge < -0.3 is 0 Å². The van der Waals surface area contributed by atoms with Crippen LogP contribution >= 0.6 is 27.5 Å². The lowest BCUT2D eigenvalue weighted by molar-refractivity contribution is 0.817. The third-order valence-corrected chi connectivity index (χ3v) is 2.63. The Morgan fingerprint density at radius 1 is 1.78 bits per heavy atom. The van der Waals surface area contributed by atoms with Crippen LogP contribution in [0.4, 0.5) is 0 Å². The standard InChI is InChI=1S/C7H12BrCl/c1-6(2)7(8)4-3-5-9/h7H,1,3-5H2,2H3. The SMILES string of the molecule is C=C(C)C(Br)CCCCl. The Bertz CT molecular complexity index is 90.9. The molecular weight excluding hydrogens is 199 g/mol. The molecule has 0 N–H and O–H groups in total. The lowest BCUT2D eigenvalue weighted by Crippen LogP contribution is -1.97. The van der Waals surface area contributed by atoms with E-state index in [2.05, 4.69) is 22.5 Å². The Labute approximate surface area is 70.4 Å². The summed E-state index contributed by atoms with van der Waals surface area (Å²) >= 11 is 8.98. The van der Waals surface area contributed by atoms with E-state index in [-0.39, 0.29) is 0 Å². The molecule has 0 radical (unpaired) electrons. The van der Waals surface area contributed by atoms with E-state index in [0.29, 0.717) is 4.83 Å². The molecule has 2 heteroatoms. The van der Waals surface area contributed by atoms with E-state index in [0.717, 1.165) is 18.7 Å². The second kappa shape index (κ2) is 5.31. The number of halogens is 2. The topological polar surface area (TPSA) is 0 Å². The molecule has 1 atom stereocenters. The highest BCUT2D eigenvalue weighted by Crippen LogP contribution is 2.15. The molecule has 0 rings (SSSR count). The van der Waals surface area contributed by atoms with Gasteiger partial charge >= 0.3 is 0 Å². The third-order valence-electron chi connectivity index (χ3n) is 1.13. The normalized spacial score (nSPS) is 13.2. The Hall–Kier alpha value is 0.510. The summed E-state index contributed by atoms with van der Waals surface area (Å²) in [5.74, 6) is 0.745. The van der Waals surface area contributed by atoms with Gasteiger partial charge in [0.15, 0.2) is 0 Å². The van der Waals surface area contributed by atoms with E-state index < -0.39 is 0 Å². The van der Waals surface area contributed by atoms with Crippen LogP contribution < -0.4 is 0 Å². The van der Waals surface area contributed by atoms with Crippen molar-refractivity contribution in [1.82, 2.24) is 0 Å². The molecule has 0 aromatic heterocycles. The molecular formula is C7H12BrCl. The molecule has 0 aromatic carbocycles. The van der Waals surface area contributed by atoms with Gasteiger partial charge in [-0.05, 0) is 19.8 Å². The first-order valence-corrected chi connectivity index (χ1v) is 4.49. The van der Waals surface area contributed by atoms with E-state index in [4.69, 9.17) is 11.6 Å². The van der Waals surface area contributed by atoms with E-state index in [1.54, 1.807) is 0 Å². The Morgan fingerprint density at radius 3 is 2.67 bits per heavy atom. The van der Waals surface area contributed by atoms with E-state index >= 15 is 0 Å². The first kappa shape index (κ1) is 9.51. The molecule has 0 aromatic rings. The minimum Gasteiger partial charge on any atom is -0.127 e. The third kappa shape index (κ3) is 4.98. The van der Waals surface area contributed by atoms with Crippen molar-refractivity contribution in [1.29, 1.82) is 0 Å². The second-order valence-electron chi connectivity index (χ2n) is 2.15. The van der Waals surface area contributed by atoms with Crippen molar-refractivity contribution in [3.63, 3.8) is 0 Å². The van der Waals surface area contributed by atoms with E-state index in [1.165, 1.54) is 5.57 Å². The Balaban J connectivity index is 3.27. The molecule has 0 fully saturated rings. The summed E-state index contributed by atoms with van der Waals surface area (Å²) in [5, 5.41) is 0. The molecule has 1 unspecified atom stereocenters. The van der Waals surface area contributed by atoms with Crippen LogP contribution in [0.1, 0.15) is 19.8 Å². The van der Waals surface area contributed by atoms with Gasteiger partial charge in [-0.15, -0.1) is 11.6 Å². The second-order valence-corrected chi connectivity index (χ2v) is 3.63. The number of hydrogen-bond donors (Lipinski definition) is 0. The maximum atomic E-state index is 5.50. The maximum absolute atomic E-state index is 5.50. The number of rotatable bonds is 4. The quantitative estimate of drug-likeness (QED) is 0.494. The van der Waals surface area contributed by atoms with Gasteiger partial charge in [0.25, 0.3) is 0 Å². The van der Waals surface area contributed by atoms with Gasteiger partial charge in [-0.25, -0.2) is 0 Å². The highest BCUT2D eigenvalue weighted by Gasteiger charge is 2.01. The predicted octanol–water partition coefficient (Wildman–Crippen LogP) is 3.35. The summed E-state index contributed by atoms with van der Waals surface area (Å²) in [6.45, 7) is 5.84. The summed E-state index contributed by atoms with van der Waals surface area (Å²) in [6, 6.07) is 0. The highest BCUT2D eigenvalue weighted by atomic mass is 79.9. The monoisotopic (exact) mass is 210 g/mol. The van der Waals surface area contributed by atoms with Gasteiger partial charge in [-0.1, -0.05) is 28.1 Å². The number of hydrogen-bond acceptors (Lipinski definition) is 0. The minimum absolute atomic E-state index is 0.455. The zero-order chi connectivity index (χ0) is 7.28. The maximum Gasteiger partial charge on any atom is 0.0349 e. The first-order valence-electron chi connectivity index (χ1n) is 3.04. The van der Waals surface area contributed by atoms with Crippen LogP contribution in [0, 0.1) is 0 Å². The summed E-state index contributed by atoms with van der Waals surface area (Å²) in [5.41, 5.74) is 1.18. The molecule has 0 saturated heterocycles. The summed E-state index contributed by atoms with van der Waals surface area (Å²) in [6.07, 6.45) is 2.16. The zero-order valence-corrected chi connectivity index (χ0v) is 8.00. The lowest BCUT2D eigenvalue weighted by atomic mass is 10.1. The zero-order valence-electron chi connectivity index (χ0n) is 5.66. The Morgan fingerprint density at radius 2 is 2.33 bits per heavy atom. The van der Waals surface area contributed by atoms with Crippen LogP contribution in [-0.4, -0.2) is 10.7 Å². The van der Waals surface area contributed by atoms with Crippen LogP contribution in [0.3, 0.4) is 0 Å². The van der Waals surface area contributed by atoms with Crippen molar-refractivity contribution in [2.75, 3.05) is 5.88 Å². The van der Waals surface area contributed by atoms with Crippen molar-refractivity contribution in [2.24, 2.45) is 0 Å². The van der Waals surface area contributed by atoms with Crippen LogP contribution in [0.25, 0.3) is 0 Å². The largest absolute Gasteiger partial charge is 0.127 e. The van der Waals surface area contributed by atoms with Crippen LogP contribution in [0.2, 0.25) is 0 Å². The minimum atomic E-state index is 0.455. The van der Waals surface area contributed by atoms with Crippen LogP contribution in [0.5, 0.6) is 0 Å². The van der Waals surface area contributed by atoms with Crippen molar-refractivity contribution in [2.45, 2.75) is 24.6 Å². The molecule has 0 bridgehead atoms. The van der Waals surface area contributed by atoms with Gasteiger partial charge in [-0.2, -0.15) is 0 Å². The lowest BCUT2D eigenvalue weighted by Gasteiger charge is -2.05. The molecule has 9 heavy (non-hydrogen) atoms. The first-order chi connectivity index (χ1) is 4.18. The fourth-order valence-electron chi connectivity index (χ4n) is 0.503. The highest BCUT2D eigenvalue weighted by molar-refractivity contribution is 9.09. The average molecular weight is 212 g/mol. The molecule has 0 aliphatic carbocycles. The van der Waals surface area contributed by atoms with Crippen molar-refractivity contribution in [3.8, 4) is 0 Å². The molecule has 0 heterocycles. The smallest absolute Gasteiger partial charge is 0.0349 e. The van der Waals surface area contributed by atoms with E-state index in [1.807, 2.05) is 6.92 Å². The molecule has 0 aliphatic heterocycles. The molecule has 0 spiro atoms. The Kier molecular flexibility index (Phi) is 5.61. The fraction of sp³-hybridized carbons (Fsp3) is 0.714. The number of allylic oxidation sites excluding steroid dienone is 1. The average Bonchev–Trinajstić information content (AvgIpc) is 1.82. The van der Waals surface area contributed by atoms with Gasteiger partial charge in [0.05, 0.1) is 0 Å². The van der Waals surface area contributed by atoms with Gasteiger partial charge in [0.1, 0.15) is 0 Å². The predicted molar refractivity (Wildman–Crippen MR) is 47.5 cm³/mol. The van der Waals surface area contributed by atoms with Crippen molar-refractivity contribution in [3.05, 3.63) is 12.2 Å². The fourth-order valence-corrected chi connectivity index (χ4v) is 0.981. The van der Waals surface area contributed by atoms with Crippen LogP contribution in [0.15, 0.2) is 12.2 Å². The molecule has 0 amide bonds. The van der Waals surface area contributed by atoms with Gasteiger partial charge in [-0.3, -0.25) is 0 Å². The summed E-state index contributed by atoms with van der Waals surface area (Å²) in [4.78, 5) is 0.455. The number of alkyl halides is 2. The molecule has 0 saturated carbocycles. The van der Waals surface area contributed by atoms with Gasteiger partial charge in [0, 0.05) is 10.7 Å². The summed E-state index contributed by atoms with van der Waals surface area (Å²) in [7, 11) is 0. The molecule has 0 nitrogen and oxygen atoms in total.